The van der Waals surface area contributed by atoms with Gasteiger partial charge in [-0.3, -0.25) is 14.2 Å². The fourth-order valence-electron chi connectivity index (χ4n) is 4.08. The minimum absolute atomic E-state index is 0.0864. The lowest BCUT2D eigenvalue weighted by molar-refractivity contribution is -0.132. The summed E-state index contributed by atoms with van der Waals surface area (Å²) < 4.78 is 1.62. The summed E-state index contributed by atoms with van der Waals surface area (Å²) in [5.41, 5.74) is 1.28. The predicted molar refractivity (Wildman–Crippen MR) is 120 cm³/mol. The maximum atomic E-state index is 13.0. The SMILES string of the molecule is Cc1nc(Cn2c(C)nc3ccccc3c2=O)cc(N[C@@H](C)C(=O)N2CCCCC2)n1. The number of aryl methyl sites for hydroxylation is 2. The second-order valence-electron chi connectivity index (χ2n) is 8.11. The van der Waals surface area contributed by atoms with E-state index in [1.54, 1.807) is 23.6 Å². The molecule has 1 aliphatic heterocycles. The molecule has 0 aliphatic carbocycles. The molecule has 1 aromatic carbocycles. The molecule has 8 nitrogen and oxygen atoms in total. The van der Waals surface area contributed by atoms with Crippen LogP contribution in [0.1, 0.15) is 43.5 Å². The Morgan fingerprint density at radius 3 is 2.61 bits per heavy atom. The normalized spacial score (nSPS) is 15.1. The quantitative estimate of drug-likeness (QED) is 0.682. The maximum Gasteiger partial charge on any atom is 0.261 e. The van der Waals surface area contributed by atoms with Gasteiger partial charge in [-0.25, -0.2) is 15.0 Å². The Morgan fingerprint density at radius 2 is 1.84 bits per heavy atom. The molecule has 1 atom stereocenters. The molecule has 31 heavy (non-hydrogen) atoms. The Hall–Kier alpha value is -3.29. The summed E-state index contributed by atoms with van der Waals surface area (Å²) in [4.78, 5) is 41.1. The minimum atomic E-state index is -0.382. The summed E-state index contributed by atoms with van der Waals surface area (Å²) in [7, 11) is 0. The molecular weight excluding hydrogens is 392 g/mol. The van der Waals surface area contributed by atoms with Gasteiger partial charge in [-0.15, -0.1) is 0 Å². The van der Waals surface area contributed by atoms with Crippen molar-refractivity contribution in [2.45, 2.75) is 52.6 Å². The van der Waals surface area contributed by atoms with Crippen molar-refractivity contribution in [1.29, 1.82) is 0 Å². The number of carbonyl (C=O) groups is 1. The number of hydrogen-bond donors (Lipinski definition) is 1. The van der Waals surface area contributed by atoms with Crippen LogP contribution < -0.4 is 10.9 Å². The molecule has 0 bridgehead atoms. The van der Waals surface area contributed by atoms with E-state index in [0.717, 1.165) is 25.9 Å². The van der Waals surface area contributed by atoms with Gasteiger partial charge in [-0.2, -0.15) is 0 Å². The van der Waals surface area contributed by atoms with Crippen molar-refractivity contribution in [1.82, 2.24) is 24.4 Å². The number of nitrogens with one attached hydrogen (secondary N) is 1. The van der Waals surface area contributed by atoms with E-state index in [0.29, 0.717) is 34.1 Å². The maximum absolute atomic E-state index is 13.0. The van der Waals surface area contributed by atoms with E-state index in [9.17, 15) is 9.59 Å². The molecule has 162 valence electrons. The van der Waals surface area contributed by atoms with Crippen molar-refractivity contribution >= 4 is 22.6 Å². The van der Waals surface area contributed by atoms with Crippen molar-refractivity contribution in [3.05, 3.63) is 58.0 Å². The van der Waals surface area contributed by atoms with E-state index in [4.69, 9.17) is 0 Å². The van der Waals surface area contributed by atoms with Gasteiger partial charge in [0.1, 0.15) is 23.5 Å². The average Bonchev–Trinajstić information content (AvgIpc) is 2.76. The van der Waals surface area contributed by atoms with Crippen LogP contribution in [-0.4, -0.2) is 49.5 Å². The van der Waals surface area contributed by atoms with Gasteiger partial charge in [0.15, 0.2) is 0 Å². The molecule has 4 rings (SSSR count). The van der Waals surface area contributed by atoms with Gasteiger partial charge >= 0.3 is 0 Å². The number of hydrogen-bond acceptors (Lipinski definition) is 6. The highest BCUT2D eigenvalue weighted by molar-refractivity contribution is 5.84. The molecule has 2 aromatic heterocycles. The average molecular weight is 421 g/mol. The van der Waals surface area contributed by atoms with Crippen LogP contribution in [0.15, 0.2) is 35.1 Å². The number of piperidine rings is 1. The Kier molecular flexibility index (Phi) is 5.97. The van der Waals surface area contributed by atoms with Crippen LogP contribution in [0.25, 0.3) is 10.9 Å². The fraction of sp³-hybridized carbons (Fsp3) is 0.435. The first kappa shape index (κ1) is 21.0. The van der Waals surface area contributed by atoms with Gasteiger partial charge in [-0.1, -0.05) is 12.1 Å². The van der Waals surface area contributed by atoms with Crippen molar-refractivity contribution in [2.75, 3.05) is 18.4 Å². The number of fused-ring (bicyclic) bond motifs is 1. The second kappa shape index (κ2) is 8.83. The monoisotopic (exact) mass is 420 g/mol. The predicted octanol–water partition coefficient (Wildman–Crippen LogP) is 2.66. The lowest BCUT2D eigenvalue weighted by Gasteiger charge is -2.29. The largest absolute Gasteiger partial charge is 0.359 e. The lowest BCUT2D eigenvalue weighted by atomic mass is 10.1. The van der Waals surface area contributed by atoms with Crippen molar-refractivity contribution in [3.8, 4) is 0 Å². The van der Waals surface area contributed by atoms with Crippen LogP contribution in [0.4, 0.5) is 5.82 Å². The van der Waals surface area contributed by atoms with Crippen LogP contribution in [0.2, 0.25) is 0 Å². The third-order valence-corrected chi connectivity index (χ3v) is 5.67. The van der Waals surface area contributed by atoms with Crippen molar-refractivity contribution < 1.29 is 4.79 Å². The highest BCUT2D eigenvalue weighted by Gasteiger charge is 2.22. The van der Waals surface area contributed by atoms with E-state index in [1.165, 1.54) is 6.42 Å². The number of amides is 1. The number of benzene rings is 1. The molecule has 3 aromatic rings. The summed E-state index contributed by atoms with van der Waals surface area (Å²) in [6.07, 6.45) is 3.30. The van der Waals surface area contributed by atoms with E-state index in [2.05, 4.69) is 20.3 Å². The number of rotatable bonds is 5. The second-order valence-corrected chi connectivity index (χ2v) is 8.11. The smallest absolute Gasteiger partial charge is 0.261 e. The molecule has 0 unspecified atom stereocenters. The first-order valence-electron chi connectivity index (χ1n) is 10.8. The molecule has 8 heteroatoms. The standard InChI is InChI=1S/C23H28N6O2/c1-15(22(30)28-11-7-4-8-12-28)24-21-13-18(25-16(2)26-21)14-29-17(3)27-20-10-6-5-9-19(20)23(29)31/h5-6,9-10,13,15H,4,7-8,11-12,14H2,1-3H3,(H,24,25,26)/t15-/m0/s1. The number of aromatic nitrogens is 4. The van der Waals surface area contributed by atoms with Gasteiger partial charge in [0.2, 0.25) is 5.91 Å². The number of anilines is 1. The number of carbonyl (C=O) groups excluding carboxylic acids is 1. The summed E-state index contributed by atoms with van der Waals surface area (Å²) in [6.45, 7) is 7.40. The number of para-hydroxylation sites is 1. The summed E-state index contributed by atoms with van der Waals surface area (Å²) in [5.74, 6) is 1.88. The highest BCUT2D eigenvalue weighted by atomic mass is 16.2. The van der Waals surface area contributed by atoms with E-state index in [-0.39, 0.29) is 24.1 Å². The van der Waals surface area contributed by atoms with Gasteiger partial charge < -0.3 is 10.2 Å². The Balaban J connectivity index is 1.56. The molecule has 1 N–H and O–H groups in total. The zero-order valence-electron chi connectivity index (χ0n) is 18.3. The molecule has 3 heterocycles. The molecule has 1 saturated heterocycles. The zero-order chi connectivity index (χ0) is 22.0. The van der Waals surface area contributed by atoms with E-state index >= 15 is 0 Å². The van der Waals surface area contributed by atoms with E-state index < -0.39 is 0 Å². The zero-order valence-corrected chi connectivity index (χ0v) is 18.3. The van der Waals surface area contributed by atoms with Crippen LogP contribution in [-0.2, 0) is 11.3 Å². The molecule has 1 aliphatic rings. The van der Waals surface area contributed by atoms with E-state index in [1.807, 2.05) is 36.9 Å². The van der Waals surface area contributed by atoms with Crippen molar-refractivity contribution in [3.63, 3.8) is 0 Å². The molecule has 0 spiro atoms. The summed E-state index contributed by atoms with van der Waals surface area (Å²) >= 11 is 0. The molecule has 0 saturated carbocycles. The topological polar surface area (TPSA) is 93.0 Å². The fourth-order valence-corrected chi connectivity index (χ4v) is 4.08. The first-order valence-corrected chi connectivity index (χ1v) is 10.8. The van der Waals surface area contributed by atoms with Gasteiger partial charge in [0.25, 0.3) is 5.56 Å². The van der Waals surface area contributed by atoms with Gasteiger partial charge in [0.05, 0.1) is 23.1 Å². The molecule has 1 amide bonds. The van der Waals surface area contributed by atoms with Gasteiger partial charge in [-0.05, 0) is 52.2 Å². The Bertz CT molecular complexity index is 1170. The number of likely N-dealkylation sites (tertiary alicyclic amines) is 1. The molecular formula is C23H28N6O2. The van der Waals surface area contributed by atoms with Gasteiger partial charge in [0, 0.05) is 19.2 Å². The minimum Gasteiger partial charge on any atom is -0.359 e. The summed E-state index contributed by atoms with van der Waals surface area (Å²) in [6, 6.07) is 8.75. The van der Waals surface area contributed by atoms with Crippen LogP contribution in [0.3, 0.4) is 0 Å². The van der Waals surface area contributed by atoms with Crippen molar-refractivity contribution in [2.24, 2.45) is 0 Å². The molecule has 0 radical (unpaired) electrons. The Morgan fingerprint density at radius 1 is 1.10 bits per heavy atom. The third kappa shape index (κ3) is 4.57. The third-order valence-electron chi connectivity index (χ3n) is 5.67. The van der Waals surface area contributed by atoms with Crippen LogP contribution in [0, 0.1) is 13.8 Å². The summed E-state index contributed by atoms with van der Waals surface area (Å²) in [5, 5.41) is 3.80. The van der Waals surface area contributed by atoms with Crippen LogP contribution in [0.5, 0.6) is 0 Å². The highest BCUT2D eigenvalue weighted by Crippen LogP contribution is 2.14. The Labute approximate surface area is 181 Å². The first-order chi connectivity index (χ1) is 14.9. The van der Waals surface area contributed by atoms with Crippen LogP contribution >= 0.6 is 0 Å². The lowest BCUT2D eigenvalue weighted by Crippen LogP contribution is -2.44. The molecule has 1 fully saturated rings. The number of nitrogens with zero attached hydrogens (tertiary/aromatic N) is 5.